The van der Waals surface area contributed by atoms with Gasteiger partial charge in [-0.3, -0.25) is 9.59 Å². The van der Waals surface area contributed by atoms with Crippen molar-refractivity contribution in [1.82, 2.24) is 10.2 Å². The Bertz CT molecular complexity index is 646. The normalized spacial score (nSPS) is 20.7. The first-order valence-corrected chi connectivity index (χ1v) is 9.50. The number of piperidine rings is 1. The van der Waals surface area contributed by atoms with Gasteiger partial charge in [-0.25, -0.2) is 0 Å². The summed E-state index contributed by atoms with van der Waals surface area (Å²) in [4.78, 5) is 26.8. The fourth-order valence-corrected chi connectivity index (χ4v) is 4.00. The van der Waals surface area contributed by atoms with Crippen molar-refractivity contribution in [3.63, 3.8) is 0 Å². The van der Waals surface area contributed by atoms with Crippen molar-refractivity contribution in [1.29, 1.82) is 0 Å². The fraction of sp³-hybridized carbons (Fsp3) is 0.524. The van der Waals surface area contributed by atoms with Crippen LogP contribution in [0.25, 0.3) is 0 Å². The first-order chi connectivity index (χ1) is 12.6. The van der Waals surface area contributed by atoms with Crippen molar-refractivity contribution in [2.24, 2.45) is 5.92 Å². The second-order valence-corrected chi connectivity index (χ2v) is 7.45. The van der Waals surface area contributed by atoms with Crippen LogP contribution in [0.2, 0.25) is 0 Å². The number of carbonyl (C=O) groups is 2. The maximum Gasteiger partial charge on any atom is 0.245 e. The minimum Gasteiger partial charge on any atom is -0.391 e. The summed E-state index contributed by atoms with van der Waals surface area (Å²) in [5.41, 5.74) is 0.319. The van der Waals surface area contributed by atoms with Crippen molar-refractivity contribution in [2.75, 3.05) is 19.6 Å². The lowest BCUT2D eigenvalue weighted by atomic mass is 9.71. The standard InChI is InChI=1S/C21H28N2O3/c1-2-19(25)23-13-11-21(12-14-23,17-9-4-3-5-10-17)20(26)22-15-18(24)16-7-6-8-16/h2-5,9-10,16,18,24H,1,6-8,11-15H2,(H,22,26). The zero-order valence-corrected chi connectivity index (χ0v) is 15.2. The lowest BCUT2D eigenvalue weighted by Crippen LogP contribution is -2.54. The van der Waals surface area contributed by atoms with E-state index in [1.165, 1.54) is 6.08 Å². The average molecular weight is 356 g/mol. The molecule has 1 aromatic carbocycles. The van der Waals surface area contributed by atoms with E-state index >= 15 is 0 Å². The zero-order chi connectivity index (χ0) is 18.6. The van der Waals surface area contributed by atoms with Gasteiger partial charge in [-0.05, 0) is 43.2 Å². The minimum atomic E-state index is -0.654. The maximum absolute atomic E-state index is 13.2. The highest BCUT2D eigenvalue weighted by Gasteiger charge is 2.43. The lowest BCUT2D eigenvalue weighted by molar-refractivity contribution is -0.134. The summed E-state index contributed by atoms with van der Waals surface area (Å²) < 4.78 is 0. The van der Waals surface area contributed by atoms with E-state index in [9.17, 15) is 14.7 Å². The third kappa shape index (κ3) is 3.68. The van der Waals surface area contributed by atoms with E-state index in [0.717, 1.165) is 24.8 Å². The highest BCUT2D eigenvalue weighted by molar-refractivity contribution is 5.90. The van der Waals surface area contributed by atoms with E-state index in [1.807, 2.05) is 30.3 Å². The van der Waals surface area contributed by atoms with Crippen LogP contribution in [-0.2, 0) is 15.0 Å². The van der Waals surface area contributed by atoms with Crippen molar-refractivity contribution in [3.8, 4) is 0 Å². The first kappa shape index (κ1) is 18.6. The highest BCUT2D eigenvalue weighted by atomic mass is 16.3. The molecule has 1 unspecified atom stereocenters. The van der Waals surface area contributed by atoms with Crippen LogP contribution in [0.1, 0.15) is 37.7 Å². The minimum absolute atomic E-state index is 0.0484. The van der Waals surface area contributed by atoms with Gasteiger partial charge in [0.25, 0.3) is 0 Å². The number of hydrogen-bond acceptors (Lipinski definition) is 3. The number of hydrogen-bond donors (Lipinski definition) is 2. The molecule has 1 saturated carbocycles. The second kappa shape index (κ2) is 8.04. The molecule has 0 bridgehead atoms. The molecule has 26 heavy (non-hydrogen) atoms. The summed E-state index contributed by atoms with van der Waals surface area (Å²) >= 11 is 0. The Morgan fingerprint density at radius 3 is 2.46 bits per heavy atom. The molecule has 1 aliphatic carbocycles. The van der Waals surface area contributed by atoms with Gasteiger partial charge in [0, 0.05) is 19.6 Å². The quantitative estimate of drug-likeness (QED) is 0.766. The Hall–Kier alpha value is -2.14. The number of benzene rings is 1. The van der Waals surface area contributed by atoms with E-state index in [2.05, 4.69) is 11.9 Å². The summed E-state index contributed by atoms with van der Waals surface area (Å²) in [6, 6.07) is 9.77. The molecule has 1 saturated heterocycles. The Labute approximate surface area is 155 Å². The van der Waals surface area contributed by atoms with Crippen molar-refractivity contribution < 1.29 is 14.7 Å². The molecule has 140 valence electrons. The van der Waals surface area contributed by atoms with Gasteiger partial charge in [0.15, 0.2) is 0 Å². The number of amides is 2. The van der Waals surface area contributed by atoms with Gasteiger partial charge in [0.1, 0.15) is 0 Å². The largest absolute Gasteiger partial charge is 0.391 e. The molecule has 1 heterocycles. The third-order valence-electron chi connectivity index (χ3n) is 6.03. The summed E-state index contributed by atoms with van der Waals surface area (Å²) in [6.07, 6.45) is 5.24. The Morgan fingerprint density at radius 1 is 1.27 bits per heavy atom. The molecular weight excluding hydrogens is 328 g/mol. The monoisotopic (exact) mass is 356 g/mol. The van der Waals surface area contributed by atoms with Crippen molar-refractivity contribution in [3.05, 3.63) is 48.6 Å². The van der Waals surface area contributed by atoms with E-state index in [-0.39, 0.29) is 11.8 Å². The van der Waals surface area contributed by atoms with Crippen LogP contribution < -0.4 is 5.32 Å². The number of aliphatic hydroxyl groups excluding tert-OH is 1. The van der Waals surface area contributed by atoms with Gasteiger partial charge in [-0.2, -0.15) is 0 Å². The summed E-state index contributed by atoms with van der Waals surface area (Å²) in [7, 11) is 0. The number of nitrogens with zero attached hydrogens (tertiary/aromatic N) is 1. The molecule has 2 N–H and O–H groups in total. The molecule has 5 heteroatoms. The van der Waals surface area contributed by atoms with Gasteiger partial charge in [0.05, 0.1) is 11.5 Å². The maximum atomic E-state index is 13.2. The van der Waals surface area contributed by atoms with Crippen LogP contribution in [0.15, 0.2) is 43.0 Å². The van der Waals surface area contributed by atoms with Crippen molar-refractivity contribution in [2.45, 2.75) is 43.6 Å². The van der Waals surface area contributed by atoms with Crippen LogP contribution in [0.4, 0.5) is 0 Å². The van der Waals surface area contributed by atoms with Gasteiger partial charge in [0.2, 0.25) is 11.8 Å². The summed E-state index contributed by atoms with van der Waals surface area (Å²) in [6.45, 7) is 4.90. The van der Waals surface area contributed by atoms with Crippen LogP contribution >= 0.6 is 0 Å². The van der Waals surface area contributed by atoms with Crippen molar-refractivity contribution >= 4 is 11.8 Å². The van der Waals surface area contributed by atoms with Crippen LogP contribution in [-0.4, -0.2) is 47.6 Å². The Morgan fingerprint density at radius 2 is 1.92 bits per heavy atom. The first-order valence-electron chi connectivity index (χ1n) is 9.50. The smallest absolute Gasteiger partial charge is 0.245 e. The molecule has 0 radical (unpaired) electrons. The number of carbonyl (C=O) groups excluding carboxylic acids is 2. The zero-order valence-electron chi connectivity index (χ0n) is 15.2. The Kier molecular flexibility index (Phi) is 5.77. The number of nitrogens with one attached hydrogen (secondary N) is 1. The van der Waals surface area contributed by atoms with E-state index in [1.54, 1.807) is 4.90 Å². The molecule has 1 atom stereocenters. The van der Waals surface area contributed by atoms with Gasteiger partial charge in [-0.15, -0.1) is 0 Å². The fourth-order valence-electron chi connectivity index (χ4n) is 4.00. The Balaban J connectivity index is 1.72. The number of aliphatic hydroxyl groups is 1. The summed E-state index contributed by atoms with van der Waals surface area (Å²) in [5, 5.41) is 13.2. The van der Waals surface area contributed by atoms with Crippen LogP contribution in [0, 0.1) is 5.92 Å². The predicted molar refractivity (Wildman–Crippen MR) is 100 cm³/mol. The van der Waals surface area contributed by atoms with E-state index in [0.29, 0.717) is 38.4 Å². The molecule has 1 aromatic rings. The van der Waals surface area contributed by atoms with E-state index in [4.69, 9.17) is 0 Å². The van der Waals surface area contributed by atoms with E-state index < -0.39 is 11.5 Å². The topological polar surface area (TPSA) is 69.6 Å². The number of rotatable bonds is 6. The van der Waals surface area contributed by atoms with Crippen LogP contribution in [0.3, 0.4) is 0 Å². The predicted octanol–water partition coefficient (Wildman–Crippen LogP) is 2.01. The van der Waals surface area contributed by atoms with Gasteiger partial charge >= 0.3 is 0 Å². The SMILES string of the molecule is C=CC(=O)N1CCC(C(=O)NCC(O)C2CCC2)(c2ccccc2)CC1. The molecule has 0 spiro atoms. The molecule has 2 amide bonds. The number of likely N-dealkylation sites (tertiary alicyclic amines) is 1. The highest BCUT2D eigenvalue weighted by Crippen LogP contribution is 2.36. The molecule has 2 fully saturated rings. The molecule has 3 rings (SSSR count). The average Bonchev–Trinajstić information content (AvgIpc) is 2.64. The molecular formula is C21H28N2O3. The third-order valence-corrected chi connectivity index (χ3v) is 6.03. The van der Waals surface area contributed by atoms with Gasteiger partial charge < -0.3 is 15.3 Å². The van der Waals surface area contributed by atoms with Crippen LogP contribution in [0.5, 0.6) is 0 Å². The van der Waals surface area contributed by atoms with Gasteiger partial charge in [-0.1, -0.05) is 43.3 Å². The summed E-state index contributed by atoms with van der Waals surface area (Å²) in [5.74, 6) is 0.176. The molecule has 0 aromatic heterocycles. The second-order valence-electron chi connectivity index (χ2n) is 7.45. The lowest BCUT2D eigenvalue weighted by Gasteiger charge is -2.41. The molecule has 5 nitrogen and oxygen atoms in total. The molecule has 2 aliphatic rings. The molecule has 1 aliphatic heterocycles.